The summed E-state index contributed by atoms with van der Waals surface area (Å²) in [6, 6.07) is 7.00. The molecule has 1 aromatic heterocycles. The summed E-state index contributed by atoms with van der Waals surface area (Å²) in [7, 11) is -3.49. The van der Waals surface area contributed by atoms with Crippen molar-refractivity contribution in [1.82, 2.24) is 9.71 Å². The number of aromatic nitrogens is 1. The van der Waals surface area contributed by atoms with Crippen molar-refractivity contribution < 1.29 is 12.8 Å². The van der Waals surface area contributed by atoms with E-state index in [2.05, 4.69) is 30.5 Å². The molecule has 0 unspecified atom stereocenters. The Morgan fingerprint density at radius 1 is 1.18 bits per heavy atom. The van der Waals surface area contributed by atoms with Crippen LogP contribution in [-0.2, 0) is 21.9 Å². The van der Waals surface area contributed by atoms with Gasteiger partial charge in [-0.25, -0.2) is 18.1 Å². The van der Waals surface area contributed by atoms with E-state index in [0.29, 0.717) is 12.3 Å². The summed E-state index contributed by atoms with van der Waals surface area (Å²) >= 11 is 0. The zero-order chi connectivity index (χ0) is 16.4. The summed E-state index contributed by atoms with van der Waals surface area (Å²) in [5, 5.41) is 0. The maximum absolute atomic E-state index is 12.2. The first-order valence-corrected chi connectivity index (χ1v) is 8.68. The van der Waals surface area contributed by atoms with Crippen molar-refractivity contribution in [2.24, 2.45) is 0 Å². The maximum Gasteiger partial charge on any atom is 0.240 e. The fourth-order valence-electron chi connectivity index (χ4n) is 2.05. The highest BCUT2D eigenvalue weighted by molar-refractivity contribution is 7.89. The summed E-state index contributed by atoms with van der Waals surface area (Å²) in [6.45, 7) is 8.32. The van der Waals surface area contributed by atoms with Gasteiger partial charge in [0.05, 0.1) is 10.6 Å². The lowest BCUT2D eigenvalue weighted by molar-refractivity contribution is 0.520. The van der Waals surface area contributed by atoms with Crippen molar-refractivity contribution >= 4 is 10.0 Å². The standard InChI is InChI=1S/C16H22N2O3S/c1-12-18-14(11-21-12)9-10-17-22(19,20)15-7-5-13(6-8-15)16(2,3)4/h5-8,11,17H,9-10H2,1-4H3. The monoisotopic (exact) mass is 322 g/mol. The van der Waals surface area contributed by atoms with Crippen LogP contribution in [0.5, 0.6) is 0 Å². The van der Waals surface area contributed by atoms with E-state index in [1.54, 1.807) is 25.3 Å². The molecule has 120 valence electrons. The molecular formula is C16H22N2O3S. The third-order valence-corrected chi connectivity index (χ3v) is 4.85. The molecule has 6 heteroatoms. The van der Waals surface area contributed by atoms with E-state index in [-0.39, 0.29) is 16.9 Å². The third-order valence-electron chi connectivity index (χ3n) is 3.37. The highest BCUT2D eigenvalue weighted by Gasteiger charge is 2.17. The average Bonchev–Trinajstić information content (AvgIpc) is 2.83. The predicted molar refractivity (Wildman–Crippen MR) is 85.3 cm³/mol. The van der Waals surface area contributed by atoms with Gasteiger partial charge in [-0.3, -0.25) is 0 Å². The van der Waals surface area contributed by atoms with Crippen LogP contribution in [0.3, 0.4) is 0 Å². The van der Waals surface area contributed by atoms with Crippen LogP contribution in [0.1, 0.15) is 37.9 Å². The number of hydrogen-bond donors (Lipinski definition) is 1. The third kappa shape index (κ3) is 4.18. The number of hydrogen-bond acceptors (Lipinski definition) is 4. The fraction of sp³-hybridized carbons (Fsp3) is 0.438. The first-order chi connectivity index (χ1) is 10.2. The van der Waals surface area contributed by atoms with Crippen LogP contribution >= 0.6 is 0 Å². The lowest BCUT2D eigenvalue weighted by Crippen LogP contribution is -2.26. The summed E-state index contributed by atoms with van der Waals surface area (Å²) < 4.78 is 32.1. The van der Waals surface area contributed by atoms with Gasteiger partial charge in [0.2, 0.25) is 10.0 Å². The van der Waals surface area contributed by atoms with Gasteiger partial charge in [-0.05, 0) is 23.1 Å². The van der Waals surface area contributed by atoms with E-state index < -0.39 is 10.0 Å². The summed E-state index contributed by atoms with van der Waals surface area (Å²) in [4.78, 5) is 4.41. The number of rotatable bonds is 5. The summed E-state index contributed by atoms with van der Waals surface area (Å²) in [5.74, 6) is 0.579. The first-order valence-electron chi connectivity index (χ1n) is 7.20. The number of aryl methyl sites for hydroxylation is 1. The molecule has 1 aromatic carbocycles. The van der Waals surface area contributed by atoms with Crippen LogP contribution in [0.2, 0.25) is 0 Å². The van der Waals surface area contributed by atoms with Crippen molar-refractivity contribution in [3.8, 4) is 0 Å². The molecule has 0 saturated carbocycles. The Bertz CT molecular complexity index is 725. The van der Waals surface area contributed by atoms with E-state index in [4.69, 9.17) is 4.42 Å². The predicted octanol–water partition coefficient (Wildman–Crippen LogP) is 2.80. The van der Waals surface area contributed by atoms with Crippen LogP contribution < -0.4 is 4.72 Å². The van der Waals surface area contributed by atoms with Gasteiger partial charge in [0.15, 0.2) is 5.89 Å². The average molecular weight is 322 g/mol. The first kappa shape index (κ1) is 16.7. The Morgan fingerprint density at radius 3 is 2.32 bits per heavy atom. The molecule has 0 aliphatic heterocycles. The quantitative estimate of drug-likeness (QED) is 0.919. The lowest BCUT2D eigenvalue weighted by atomic mass is 9.87. The van der Waals surface area contributed by atoms with Gasteiger partial charge in [0.1, 0.15) is 6.26 Å². The Labute approximate surface area is 131 Å². The molecule has 5 nitrogen and oxygen atoms in total. The van der Waals surface area contributed by atoms with Crippen molar-refractivity contribution in [2.75, 3.05) is 6.54 Å². The van der Waals surface area contributed by atoms with E-state index in [1.165, 1.54) is 0 Å². The van der Waals surface area contributed by atoms with E-state index in [0.717, 1.165) is 11.3 Å². The van der Waals surface area contributed by atoms with E-state index >= 15 is 0 Å². The molecule has 0 radical (unpaired) electrons. The number of oxazole rings is 1. The SMILES string of the molecule is Cc1nc(CCNS(=O)(=O)c2ccc(C(C)(C)C)cc2)co1. The van der Waals surface area contributed by atoms with Crippen molar-refractivity contribution in [2.45, 2.75) is 44.4 Å². The van der Waals surface area contributed by atoms with Crippen LogP contribution in [0, 0.1) is 6.92 Å². The zero-order valence-electron chi connectivity index (χ0n) is 13.4. The second-order valence-electron chi connectivity index (χ2n) is 6.28. The second kappa shape index (κ2) is 6.22. The van der Waals surface area contributed by atoms with Crippen LogP contribution in [0.4, 0.5) is 0 Å². The molecule has 0 fully saturated rings. The molecule has 1 N–H and O–H groups in total. The molecule has 2 rings (SSSR count). The smallest absolute Gasteiger partial charge is 0.240 e. The van der Waals surface area contributed by atoms with Gasteiger partial charge in [0.25, 0.3) is 0 Å². The molecule has 0 aliphatic rings. The van der Waals surface area contributed by atoms with Crippen LogP contribution in [0.15, 0.2) is 39.8 Å². The molecule has 1 heterocycles. The Morgan fingerprint density at radius 2 is 1.82 bits per heavy atom. The minimum absolute atomic E-state index is 0.000528. The van der Waals surface area contributed by atoms with Crippen molar-refractivity contribution in [3.63, 3.8) is 0 Å². The molecule has 0 amide bonds. The van der Waals surface area contributed by atoms with Crippen molar-refractivity contribution in [3.05, 3.63) is 47.7 Å². The van der Waals surface area contributed by atoms with Gasteiger partial charge in [0, 0.05) is 19.9 Å². The molecule has 0 atom stereocenters. The normalized spacial score (nSPS) is 12.5. The largest absolute Gasteiger partial charge is 0.449 e. The van der Waals surface area contributed by atoms with Gasteiger partial charge in [-0.1, -0.05) is 32.9 Å². The summed E-state index contributed by atoms with van der Waals surface area (Å²) in [6.07, 6.45) is 2.04. The van der Waals surface area contributed by atoms with Gasteiger partial charge < -0.3 is 4.42 Å². The van der Waals surface area contributed by atoms with Gasteiger partial charge >= 0.3 is 0 Å². The molecule has 2 aromatic rings. The zero-order valence-corrected chi connectivity index (χ0v) is 14.2. The number of sulfonamides is 1. The topological polar surface area (TPSA) is 72.2 Å². The van der Waals surface area contributed by atoms with E-state index in [1.807, 2.05) is 12.1 Å². The molecule has 0 aliphatic carbocycles. The second-order valence-corrected chi connectivity index (χ2v) is 8.05. The number of nitrogens with one attached hydrogen (secondary N) is 1. The maximum atomic E-state index is 12.2. The molecule has 22 heavy (non-hydrogen) atoms. The minimum Gasteiger partial charge on any atom is -0.449 e. The van der Waals surface area contributed by atoms with Crippen LogP contribution in [-0.4, -0.2) is 19.9 Å². The molecule has 0 bridgehead atoms. The van der Waals surface area contributed by atoms with Gasteiger partial charge in [-0.15, -0.1) is 0 Å². The Hall–Kier alpha value is -1.66. The van der Waals surface area contributed by atoms with E-state index in [9.17, 15) is 8.42 Å². The van der Waals surface area contributed by atoms with Crippen molar-refractivity contribution in [1.29, 1.82) is 0 Å². The highest BCUT2D eigenvalue weighted by atomic mass is 32.2. The van der Waals surface area contributed by atoms with Gasteiger partial charge in [-0.2, -0.15) is 0 Å². The Kier molecular flexibility index (Phi) is 4.72. The molecule has 0 spiro atoms. The molecular weight excluding hydrogens is 300 g/mol. The highest BCUT2D eigenvalue weighted by Crippen LogP contribution is 2.23. The molecule has 0 saturated heterocycles. The summed E-state index contributed by atoms with van der Waals surface area (Å²) in [5.41, 5.74) is 1.84. The lowest BCUT2D eigenvalue weighted by Gasteiger charge is -2.19. The number of benzene rings is 1. The number of nitrogens with zero attached hydrogens (tertiary/aromatic N) is 1. The fourth-order valence-corrected chi connectivity index (χ4v) is 3.09. The minimum atomic E-state index is -3.49. The van der Waals surface area contributed by atoms with Crippen LogP contribution in [0.25, 0.3) is 0 Å². The Balaban J connectivity index is 2.00.